The lowest BCUT2D eigenvalue weighted by atomic mass is 10.3. The Morgan fingerprint density at radius 1 is 1.33 bits per heavy atom. The molecule has 1 amide bonds. The van der Waals surface area contributed by atoms with E-state index in [0.717, 1.165) is 6.07 Å². The number of ether oxygens (including phenoxy) is 1. The van der Waals surface area contributed by atoms with Gasteiger partial charge in [-0.3, -0.25) is 19.9 Å². The van der Waals surface area contributed by atoms with Crippen molar-refractivity contribution in [3.8, 4) is 0 Å². The van der Waals surface area contributed by atoms with E-state index in [1.54, 1.807) is 6.92 Å². The number of rotatable bonds is 5. The number of carbonyl (C=O) groups excluding carboxylic acids is 2. The molecule has 1 aromatic carbocycles. The van der Waals surface area contributed by atoms with Crippen molar-refractivity contribution in [1.29, 1.82) is 0 Å². The van der Waals surface area contributed by atoms with Crippen LogP contribution in [0.15, 0.2) is 30.6 Å². The van der Waals surface area contributed by atoms with Crippen molar-refractivity contribution >= 4 is 34.9 Å². The van der Waals surface area contributed by atoms with Crippen LogP contribution in [0.2, 0.25) is 5.02 Å². The Hall–Kier alpha value is -3.07. The first kappa shape index (κ1) is 17.3. The predicted molar refractivity (Wildman–Crippen MR) is 83.8 cm³/mol. The molecular formula is C14H11ClN4O5. The smallest absolute Gasteiger partial charge is 0.359 e. The first-order valence-corrected chi connectivity index (χ1v) is 6.94. The number of amides is 1. The zero-order valence-corrected chi connectivity index (χ0v) is 13.1. The molecule has 124 valence electrons. The maximum Gasteiger partial charge on any atom is 0.359 e. The number of nitrogens with one attached hydrogen (secondary N) is 1. The van der Waals surface area contributed by atoms with E-state index < -0.39 is 23.4 Å². The SMILES string of the molecule is Cc1cnc(C(=O)OCC(=O)Nc2cc([N+](=O)[O-])ccc2Cl)cn1. The summed E-state index contributed by atoms with van der Waals surface area (Å²) in [6, 6.07) is 3.59. The van der Waals surface area contributed by atoms with Gasteiger partial charge in [0, 0.05) is 18.3 Å². The molecule has 0 spiro atoms. The van der Waals surface area contributed by atoms with E-state index in [-0.39, 0.29) is 22.1 Å². The largest absolute Gasteiger partial charge is 0.451 e. The predicted octanol–water partition coefficient (Wildman–Crippen LogP) is 2.14. The van der Waals surface area contributed by atoms with Gasteiger partial charge in [-0.05, 0) is 13.0 Å². The fourth-order valence-corrected chi connectivity index (χ4v) is 1.78. The Morgan fingerprint density at radius 2 is 2.08 bits per heavy atom. The molecule has 2 aromatic rings. The monoisotopic (exact) mass is 350 g/mol. The summed E-state index contributed by atoms with van der Waals surface area (Å²) >= 11 is 5.86. The molecule has 0 unspecified atom stereocenters. The van der Waals surface area contributed by atoms with Crippen molar-refractivity contribution in [2.45, 2.75) is 6.92 Å². The Balaban J connectivity index is 1.96. The van der Waals surface area contributed by atoms with Crippen LogP contribution in [0.1, 0.15) is 16.2 Å². The number of nitro benzene ring substituents is 1. The molecule has 1 aromatic heterocycles. The molecule has 0 aliphatic carbocycles. The van der Waals surface area contributed by atoms with E-state index in [1.165, 1.54) is 24.5 Å². The van der Waals surface area contributed by atoms with Gasteiger partial charge in [0.1, 0.15) is 0 Å². The van der Waals surface area contributed by atoms with Crippen LogP contribution >= 0.6 is 11.6 Å². The van der Waals surface area contributed by atoms with Crippen molar-refractivity contribution in [3.05, 3.63) is 57.1 Å². The lowest BCUT2D eigenvalue weighted by Gasteiger charge is -2.07. The molecule has 9 nitrogen and oxygen atoms in total. The van der Waals surface area contributed by atoms with E-state index in [0.29, 0.717) is 5.69 Å². The Kier molecular flexibility index (Phi) is 5.38. The number of nitro groups is 1. The van der Waals surface area contributed by atoms with Gasteiger partial charge in [-0.1, -0.05) is 11.6 Å². The van der Waals surface area contributed by atoms with Gasteiger partial charge >= 0.3 is 5.97 Å². The van der Waals surface area contributed by atoms with Crippen molar-refractivity contribution in [2.24, 2.45) is 0 Å². The van der Waals surface area contributed by atoms with Crippen molar-refractivity contribution in [3.63, 3.8) is 0 Å². The van der Waals surface area contributed by atoms with Crippen LogP contribution in [0.25, 0.3) is 0 Å². The molecule has 24 heavy (non-hydrogen) atoms. The fourth-order valence-electron chi connectivity index (χ4n) is 1.61. The third-order valence-corrected chi connectivity index (χ3v) is 3.09. The highest BCUT2D eigenvalue weighted by molar-refractivity contribution is 6.33. The first-order chi connectivity index (χ1) is 11.4. The lowest BCUT2D eigenvalue weighted by molar-refractivity contribution is -0.384. The summed E-state index contributed by atoms with van der Waals surface area (Å²) in [7, 11) is 0. The number of benzene rings is 1. The minimum absolute atomic E-state index is 0.0400. The number of nitrogens with zero attached hydrogens (tertiary/aromatic N) is 3. The van der Waals surface area contributed by atoms with Crippen molar-refractivity contribution < 1.29 is 19.2 Å². The second-order valence-corrected chi connectivity index (χ2v) is 5.00. The molecule has 10 heteroatoms. The van der Waals surface area contributed by atoms with E-state index >= 15 is 0 Å². The first-order valence-electron chi connectivity index (χ1n) is 6.56. The summed E-state index contributed by atoms with van der Waals surface area (Å²) in [5.41, 5.74) is 0.398. The quantitative estimate of drug-likeness (QED) is 0.497. The third-order valence-electron chi connectivity index (χ3n) is 2.76. The maximum absolute atomic E-state index is 11.8. The minimum atomic E-state index is -0.817. The van der Waals surface area contributed by atoms with E-state index in [2.05, 4.69) is 15.3 Å². The number of hydrogen-bond donors (Lipinski definition) is 1. The number of anilines is 1. The normalized spacial score (nSPS) is 10.1. The van der Waals surface area contributed by atoms with Crippen LogP contribution in [0.3, 0.4) is 0 Å². The summed E-state index contributed by atoms with van der Waals surface area (Å²) < 4.78 is 4.79. The van der Waals surface area contributed by atoms with Gasteiger partial charge < -0.3 is 10.1 Å². The van der Waals surface area contributed by atoms with E-state index in [9.17, 15) is 19.7 Å². The highest BCUT2D eigenvalue weighted by Gasteiger charge is 2.15. The summed E-state index contributed by atoms with van der Waals surface area (Å²) in [6.07, 6.45) is 2.62. The van der Waals surface area contributed by atoms with Gasteiger partial charge in [0.2, 0.25) is 0 Å². The highest BCUT2D eigenvalue weighted by atomic mass is 35.5. The zero-order valence-electron chi connectivity index (χ0n) is 12.4. The van der Waals surface area contributed by atoms with E-state index in [4.69, 9.17) is 16.3 Å². The molecule has 0 fully saturated rings. The van der Waals surface area contributed by atoms with Crippen LogP contribution in [0.4, 0.5) is 11.4 Å². The third kappa shape index (κ3) is 4.46. The maximum atomic E-state index is 11.8. The number of carbonyl (C=O) groups is 2. The summed E-state index contributed by atoms with van der Waals surface area (Å²) in [6.45, 7) is 1.10. The summed E-state index contributed by atoms with van der Waals surface area (Å²) in [5.74, 6) is -1.52. The van der Waals surface area contributed by atoms with Crippen LogP contribution < -0.4 is 5.32 Å². The second kappa shape index (κ2) is 7.47. The van der Waals surface area contributed by atoms with Gasteiger partial charge in [-0.25, -0.2) is 9.78 Å². The molecule has 1 N–H and O–H groups in total. The Labute approximate surface area is 140 Å². The number of hydrogen-bond acceptors (Lipinski definition) is 7. The van der Waals surface area contributed by atoms with Crippen LogP contribution in [-0.4, -0.2) is 33.4 Å². The number of non-ortho nitro benzene ring substituents is 1. The summed E-state index contributed by atoms with van der Waals surface area (Å²) in [4.78, 5) is 41.3. The number of aryl methyl sites for hydroxylation is 1. The lowest BCUT2D eigenvalue weighted by Crippen LogP contribution is -2.21. The van der Waals surface area contributed by atoms with Crippen LogP contribution in [0, 0.1) is 17.0 Å². The fraction of sp³-hybridized carbons (Fsp3) is 0.143. The van der Waals surface area contributed by atoms with Gasteiger partial charge in [0.05, 0.1) is 27.5 Å². The molecule has 0 saturated carbocycles. The highest BCUT2D eigenvalue weighted by Crippen LogP contribution is 2.26. The molecule has 0 saturated heterocycles. The Morgan fingerprint density at radius 3 is 2.71 bits per heavy atom. The van der Waals surface area contributed by atoms with Gasteiger partial charge in [0.25, 0.3) is 11.6 Å². The zero-order chi connectivity index (χ0) is 17.7. The average molecular weight is 351 g/mol. The average Bonchev–Trinajstić information content (AvgIpc) is 2.55. The molecule has 1 heterocycles. The summed E-state index contributed by atoms with van der Waals surface area (Å²) in [5, 5.41) is 13.2. The van der Waals surface area contributed by atoms with Gasteiger partial charge in [-0.15, -0.1) is 0 Å². The molecule has 2 rings (SSSR count). The molecule has 0 aliphatic rings. The number of halogens is 1. The van der Waals surface area contributed by atoms with Crippen LogP contribution in [0.5, 0.6) is 0 Å². The van der Waals surface area contributed by atoms with Gasteiger partial charge in [0.15, 0.2) is 12.3 Å². The molecule has 0 bridgehead atoms. The van der Waals surface area contributed by atoms with Gasteiger partial charge in [-0.2, -0.15) is 0 Å². The minimum Gasteiger partial charge on any atom is -0.451 e. The van der Waals surface area contributed by atoms with Crippen molar-refractivity contribution in [1.82, 2.24) is 9.97 Å². The second-order valence-electron chi connectivity index (χ2n) is 4.59. The number of aromatic nitrogens is 2. The van der Waals surface area contributed by atoms with Crippen molar-refractivity contribution in [2.75, 3.05) is 11.9 Å². The molecule has 0 atom stereocenters. The molecule has 0 aliphatic heterocycles. The Bertz CT molecular complexity index is 794. The number of esters is 1. The standard InChI is InChI=1S/C14H11ClN4O5/c1-8-5-17-12(6-16-8)14(21)24-7-13(20)18-11-4-9(19(22)23)2-3-10(11)15/h2-6H,7H2,1H3,(H,18,20). The topological polar surface area (TPSA) is 124 Å². The molecule has 0 radical (unpaired) electrons. The van der Waals surface area contributed by atoms with E-state index in [1.807, 2.05) is 0 Å². The molecular weight excluding hydrogens is 340 g/mol. The van der Waals surface area contributed by atoms with Crippen LogP contribution in [-0.2, 0) is 9.53 Å².